The molecule has 1 aromatic heterocycles. The molecule has 1 aromatic carbocycles. The Kier molecular flexibility index (Phi) is 5.71. The molecule has 0 aliphatic heterocycles. The summed E-state index contributed by atoms with van der Waals surface area (Å²) in [6, 6.07) is 7.71. The van der Waals surface area contributed by atoms with Crippen molar-refractivity contribution in [3.05, 3.63) is 41.3 Å². The molecule has 2 rings (SSSR count). The van der Waals surface area contributed by atoms with Crippen LogP contribution in [0.4, 0.5) is 0 Å². The number of aryl methyl sites for hydroxylation is 2. The van der Waals surface area contributed by atoms with Gasteiger partial charge in [-0.15, -0.1) is 11.8 Å². The molecule has 0 spiro atoms. The highest BCUT2D eigenvalue weighted by molar-refractivity contribution is 7.98. The Labute approximate surface area is 141 Å². The van der Waals surface area contributed by atoms with Gasteiger partial charge in [-0.2, -0.15) is 0 Å². The second-order valence-electron chi connectivity index (χ2n) is 5.43. The van der Waals surface area contributed by atoms with E-state index in [1.54, 1.807) is 30.6 Å². The van der Waals surface area contributed by atoms with E-state index in [9.17, 15) is 4.79 Å². The molecule has 0 radical (unpaired) electrons. The normalized spacial score (nSPS) is 12.0. The topological polar surface area (TPSA) is 55.6 Å². The van der Waals surface area contributed by atoms with Gasteiger partial charge in [0, 0.05) is 17.5 Å². The van der Waals surface area contributed by atoms with Gasteiger partial charge in [0.25, 0.3) is 5.91 Å². The van der Waals surface area contributed by atoms with Gasteiger partial charge in [-0.05, 0) is 51.3 Å². The number of aromatic nitrogens is 1. The minimum Gasteiger partial charge on any atom is -0.481 e. The maximum absolute atomic E-state index is 12.5. The van der Waals surface area contributed by atoms with Crippen LogP contribution in [0.15, 0.2) is 33.7 Å². The van der Waals surface area contributed by atoms with Crippen LogP contribution in [0.1, 0.15) is 23.9 Å². The monoisotopic (exact) mass is 334 g/mol. The van der Waals surface area contributed by atoms with Crippen molar-refractivity contribution in [1.29, 1.82) is 0 Å². The average molecular weight is 334 g/mol. The first kappa shape index (κ1) is 17.4. The molecule has 23 heavy (non-hydrogen) atoms. The standard InChI is InChI=1S/C17H22N2O3S/c1-11-16(12(2)22-18-11)10-19(4)17(20)13(3)21-14-6-8-15(23-5)9-7-14/h6-9,13H,10H2,1-5H3/t13-/m1/s1. The molecule has 6 heteroatoms. The summed E-state index contributed by atoms with van der Waals surface area (Å²) in [4.78, 5) is 15.3. The summed E-state index contributed by atoms with van der Waals surface area (Å²) in [5, 5.41) is 3.91. The van der Waals surface area contributed by atoms with Crippen LogP contribution < -0.4 is 4.74 Å². The number of benzene rings is 1. The summed E-state index contributed by atoms with van der Waals surface area (Å²) in [7, 11) is 1.75. The summed E-state index contributed by atoms with van der Waals surface area (Å²) in [5.74, 6) is 1.34. The Morgan fingerprint density at radius 3 is 2.52 bits per heavy atom. The van der Waals surface area contributed by atoms with Gasteiger partial charge < -0.3 is 14.2 Å². The van der Waals surface area contributed by atoms with Crippen LogP contribution in [-0.2, 0) is 11.3 Å². The van der Waals surface area contributed by atoms with E-state index in [4.69, 9.17) is 9.26 Å². The van der Waals surface area contributed by atoms with E-state index in [2.05, 4.69) is 5.16 Å². The highest BCUT2D eigenvalue weighted by atomic mass is 32.2. The quantitative estimate of drug-likeness (QED) is 0.758. The SMILES string of the molecule is CSc1ccc(O[C@H](C)C(=O)N(C)Cc2c(C)noc2C)cc1. The number of likely N-dealkylation sites (N-methyl/N-ethyl adjacent to an activating group) is 1. The van der Waals surface area contributed by atoms with Crippen molar-refractivity contribution >= 4 is 17.7 Å². The average Bonchev–Trinajstić information content (AvgIpc) is 2.86. The third-order valence-corrected chi connectivity index (χ3v) is 4.42. The van der Waals surface area contributed by atoms with Crippen LogP contribution >= 0.6 is 11.8 Å². The third kappa shape index (κ3) is 4.28. The largest absolute Gasteiger partial charge is 0.481 e. The van der Waals surface area contributed by atoms with Gasteiger partial charge in [0.05, 0.1) is 12.2 Å². The number of carbonyl (C=O) groups excluding carboxylic acids is 1. The van der Waals surface area contributed by atoms with Crippen LogP contribution in [0.3, 0.4) is 0 Å². The van der Waals surface area contributed by atoms with Gasteiger partial charge in [-0.1, -0.05) is 5.16 Å². The predicted octanol–water partition coefficient (Wildman–Crippen LogP) is 3.44. The molecule has 1 atom stereocenters. The zero-order valence-corrected chi connectivity index (χ0v) is 14.9. The fourth-order valence-corrected chi connectivity index (χ4v) is 2.67. The first-order chi connectivity index (χ1) is 10.9. The molecule has 5 nitrogen and oxygen atoms in total. The van der Waals surface area contributed by atoms with Crippen molar-refractivity contribution in [2.75, 3.05) is 13.3 Å². The van der Waals surface area contributed by atoms with Crippen molar-refractivity contribution in [3.63, 3.8) is 0 Å². The van der Waals surface area contributed by atoms with Crippen LogP contribution in [0.2, 0.25) is 0 Å². The molecule has 1 amide bonds. The second kappa shape index (κ2) is 7.55. The summed E-state index contributed by atoms with van der Waals surface area (Å²) in [5.41, 5.74) is 1.75. The molecule has 0 N–H and O–H groups in total. The lowest BCUT2D eigenvalue weighted by Crippen LogP contribution is -2.37. The maximum atomic E-state index is 12.5. The van der Waals surface area contributed by atoms with E-state index in [0.717, 1.165) is 21.9 Å². The van der Waals surface area contributed by atoms with Gasteiger partial charge in [0.1, 0.15) is 11.5 Å². The van der Waals surface area contributed by atoms with Crippen molar-refractivity contribution in [3.8, 4) is 5.75 Å². The zero-order valence-electron chi connectivity index (χ0n) is 14.1. The first-order valence-electron chi connectivity index (χ1n) is 7.39. The number of carbonyl (C=O) groups is 1. The molecule has 2 aromatic rings. The van der Waals surface area contributed by atoms with E-state index < -0.39 is 6.10 Å². The highest BCUT2D eigenvalue weighted by Gasteiger charge is 2.21. The number of amides is 1. The van der Waals surface area contributed by atoms with Gasteiger partial charge in [-0.3, -0.25) is 4.79 Å². The van der Waals surface area contributed by atoms with Crippen molar-refractivity contribution < 1.29 is 14.1 Å². The number of ether oxygens (including phenoxy) is 1. The van der Waals surface area contributed by atoms with E-state index in [1.807, 2.05) is 44.4 Å². The molecule has 0 unspecified atom stereocenters. The third-order valence-electron chi connectivity index (χ3n) is 3.67. The van der Waals surface area contributed by atoms with E-state index in [1.165, 1.54) is 0 Å². The maximum Gasteiger partial charge on any atom is 0.263 e. The van der Waals surface area contributed by atoms with Gasteiger partial charge in [0.2, 0.25) is 0 Å². The van der Waals surface area contributed by atoms with Crippen molar-refractivity contribution in [2.45, 2.75) is 38.3 Å². The second-order valence-corrected chi connectivity index (χ2v) is 6.31. The molecule has 0 aliphatic carbocycles. The van der Waals surface area contributed by atoms with E-state index >= 15 is 0 Å². The lowest BCUT2D eigenvalue weighted by molar-refractivity contribution is -0.137. The number of hydrogen-bond acceptors (Lipinski definition) is 5. The van der Waals surface area contributed by atoms with Crippen molar-refractivity contribution in [1.82, 2.24) is 10.1 Å². The summed E-state index contributed by atoms with van der Waals surface area (Å²) < 4.78 is 10.9. The van der Waals surface area contributed by atoms with Gasteiger partial charge in [-0.25, -0.2) is 0 Å². The fourth-order valence-electron chi connectivity index (χ4n) is 2.26. The highest BCUT2D eigenvalue weighted by Crippen LogP contribution is 2.20. The Bertz CT molecular complexity index is 647. The van der Waals surface area contributed by atoms with Gasteiger partial charge in [0.15, 0.2) is 6.10 Å². The molecule has 0 fully saturated rings. The number of rotatable bonds is 6. The fraction of sp³-hybridized carbons (Fsp3) is 0.412. The molecular weight excluding hydrogens is 312 g/mol. The molecule has 124 valence electrons. The Morgan fingerprint density at radius 2 is 2.00 bits per heavy atom. The number of nitrogens with zero attached hydrogens (tertiary/aromatic N) is 2. The molecule has 0 bridgehead atoms. The molecule has 0 saturated heterocycles. The molecular formula is C17H22N2O3S. The Balaban J connectivity index is 1.98. The smallest absolute Gasteiger partial charge is 0.263 e. The number of hydrogen-bond donors (Lipinski definition) is 0. The van der Waals surface area contributed by atoms with Crippen molar-refractivity contribution in [2.24, 2.45) is 0 Å². The van der Waals surface area contributed by atoms with Gasteiger partial charge >= 0.3 is 0 Å². The summed E-state index contributed by atoms with van der Waals surface area (Å²) >= 11 is 1.67. The van der Waals surface area contributed by atoms with Crippen LogP contribution in [-0.4, -0.2) is 35.4 Å². The lowest BCUT2D eigenvalue weighted by atomic mass is 10.2. The summed E-state index contributed by atoms with van der Waals surface area (Å²) in [6.07, 6.45) is 1.46. The van der Waals surface area contributed by atoms with Crippen LogP contribution in [0.25, 0.3) is 0 Å². The molecule has 0 aliphatic rings. The Morgan fingerprint density at radius 1 is 1.35 bits per heavy atom. The zero-order chi connectivity index (χ0) is 17.0. The minimum absolute atomic E-state index is 0.0843. The van der Waals surface area contributed by atoms with Crippen LogP contribution in [0, 0.1) is 13.8 Å². The first-order valence-corrected chi connectivity index (χ1v) is 8.62. The van der Waals surface area contributed by atoms with E-state index in [0.29, 0.717) is 12.3 Å². The summed E-state index contributed by atoms with van der Waals surface area (Å²) in [6.45, 7) is 5.94. The lowest BCUT2D eigenvalue weighted by Gasteiger charge is -2.22. The predicted molar refractivity (Wildman–Crippen MR) is 90.8 cm³/mol. The Hall–Kier alpha value is -1.95. The molecule has 1 heterocycles. The minimum atomic E-state index is -0.555. The van der Waals surface area contributed by atoms with Crippen LogP contribution in [0.5, 0.6) is 5.75 Å². The number of thioether (sulfide) groups is 1. The molecule has 0 saturated carbocycles. The van der Waals surface area contributed by atoms with E-state index in [-0.39, 0.29) is 5.91 Å².